The molecule has 2 aromatic carbocycles. The summed E-state index contributed by atoms with van der Waals surface area (Å²) in [4.78, 5) is 36.9. The average Bonchev–Trinajstić information content (AvgIpc) is 2.87. The number of halogens is 1. The maximum Gasteiger partial charge on any atom is 0.289 e. The van der Waals surface area contributed by atoms with Crippen LogP contribution in [0, 0.1) is 0 Å². The van der Waals surface area contributed by atoms with E-state index in [1.165, 1.54) is 4.90 Å². The molecular formula is C17H13BrN2O3S. The molecule has 0 aliphatic carbocycles. The lowest BCUT2D eigenvalue weighted by atomic mass is 10.1. The first-order valence-electron chi connectivity index (χ1n) is 7.16. The van der Waals surface area contributed by atoms with Crippen LogP contribution in [0.25, 0.3) is 0 Å². The number of anilines is 1. The van der Waals surface area contributed by atoms with Crippen molar-refractivity contribution < 1.29 is 14.4 Å². The fraction of sp³-hybridized carbons (Fsp3) is 0.118. The van der Waals surface area contributed by atoms with Crippen molar-refractivity contribution in [3.05, 3.63) is 64.1 Å². The van der Waals surface area contributed by atoms with Gasteiger partial charge in [-0.25, -0.2) is 0 Å². The van der Waals surface area contributed by atoms with Crippen LogP contribution in [0.4, 0.5) is 10.5 Å². The van der Waals surface area contributed by atoms with E-state index in [4.69, 9.17) is 0 Å². The summed E-state index contributed by atoms with van der Waals surface area (Å²) in [6.07, 6.45) is 0. The predicted molar refractivity (Wildman–Crippen MR) is 96.9 cm³/mol. The Morgan fingerprint density at radius 2 is 1.96 bits per heavy atom. The highest BCUT2D eigenvalue weighted by Gasteiger charge is 2.29. The number of carbonyl (C=O) groups excluding carboxylic acids is 3. The summed E-state index contributed by atoms with van der Waals surface area (Å²) in [5, 5.41) is 2.57. The molecule has 122 valence electrons. The SMILES string of the molecule is O=C(Nc1cccc(Br)c1)c1cccc(CN2C(=O)CSC2=O)c1. The molecule has 0 bridgehead atoms. The monoisotopic (exact) mass is 404 g/mol. The van der Waals surface area contributed by atoms with Gasteiger partial charge >= 0.3 is 0 Å². The number of hydrogen-bond donors (Lipinski definition) is 1. The molecule has 3 rings (SSSR count). The first-order chi connectivity index (χ1) is 11.5. The summed E-state index contributed by atoms with van der Waals surface area (Å²) in [6.45, 7) is 0.183. The molecule has 1 N–H and O–H groups in total. The van der Waals surface area contributed by atoms with E-state index < -0.39 is 0 Å². The molecule has 0 atom stereocenters. The smallest absolute Gasteiger partial charge is 0.289 e. The largest absolute Gasteiger partial charge is 0.322 e. The van der Waals surface area contributed by atoms with E-state index in [9.17, 15) is 14.4 Å². The fourth-order valence-electron chi connectivity index (χ4n) is 2.30. The zero-order valence-corrected chi connectivity index (χ0v) is 14.9. The van der Waals surface area contributed by atoms with Gasteiger partial charge < -0.3 is 5.32 Å². The highest BCUT2D eigenvalue weighted by Crippen LogP contribution is 2.22. The van der Waals surface area contributed by atoms with Gasteiger partial charge in [-0.3, -0.25) is 19.3 Å². The molecule has 0 saturated carbocycles. The van der Waals surface area contributed by atoms with Crippen molar-refractivity contribution >= 4 is 50.4 Å². The number of nitrogens with one attached hydrogen (secondary N) is 1. The van der Waals surface area contributed by atoms with Crippen molar-refractivity contribution in [3.63, 3.8) is 0 Å². The summed E-state index contributed by atoms with van der Waals surface area (Å²) in [5.74, 6) is -0.264. The number of rotatable bonds is 4. The summed E-state index contributed by atoms with van der Waals surface area (Å²) in [7, 11) is 0. The molecule has 3 amide bonds. The third kappa shape index (κ3) is 3.85. The Bertz CT molecular complexity index is 809. The Hall–Kier alpha value is -2.12. The minimum absolute atomic E-state index is 0.182. The van der Waals surface area contributed by atoms with E-state index in [0.717, 1.165) is 21.8 Å². The second-order valence-electron chi connectivity index (χ2n) is 5.20. The standard InChI is InChI=1S/C17H13BrN2O3S/c18-13-5-2-6-14(8-13)19-16(22)12-4-1-3-11(7-12)9-20-15(21)10-24-17(20)23/h1-8H,9-10H2,(H,19,22). The Labute approximate surface area is 151 Å². The van der Waals surface area contributed by atoms with E-state index in [1.807, 2.05) is 12.1 Å². The first kappa shape index (κ1) is 16.7. The molecule has 1 saturated heterocycles. The lowest BCUT2D eigenvalue weighted by molar-refractivity contribution is -0.125. The molecule has 0 unspecified atom stereocenters. The van der Waals surface area contributed by atoms with E-state index in [-0.39, 0.29) is 29.4 Å². The molecule has 7 heteroatoms. The van der Waals surface area contributed by atoms with Crippen LogP contribution in [0.1, 0.15) is 15.9 Å². The zero-order valence-electron chi connectivity index (χ0n) is 12.5. The van der Waals surface area contributed by atoms with Crippen molar-refractivity contribution in [3.8, 4) is 0 Å². The molecule has 24 heavy (non-hydrogen) atoms. The summed E-state index contributed by atoms with van der Waals surface area (Å²) < 4.78 is 0.873. The van der Waals surface area contributed by atoms with E-state index in [2.05, 4.69) is 21.2 Å². The van der Waals surface area contributed by atoms with Crippen LogP contribution in [-0.2, 0) is 11.3 Å². The van der Waals surface area contributed by atoms with Gasteiger partial charge in [0.2, 0.25) is 5.91 Å². The van der Waals surface area contributed by atoms with Gasteiger partial charge in [-0.15, -0.1) is 0 Å². The summed E-state index contributed by atoms with van der Waals surface area (Å²) in [6, 6.07) is 14.2. The zero-order chi connectivity index (χ0) is 17.1. The molecule has 2 aromatic rings. The number of thioether (sulfide) groups is 1. The van der Waals surface area contributed by atoms with Crippen molar-refractivity contribution in [2.75, 3.05) is 11.1 Å². The van der Waals surface area contributed by atoms with Crippen LogP contribution < -0.4 is 5.32 Å². The van der Waals surface area contributed by atoms with E-state index in [0.29, 0.717) is 11.3 Å². The van der Waals surface area contributed by atoms with Gasteiger partial charge in [0.15, 0.2) is 0 Å². The second-order valence-corrected chi connectivity index (χ2v) is 7.04. The molecule has 0 radical (unpaired) electrons. The van der Waals surface area contributed by atoms with E-state index >= 15 is 0 Å². The maximum atomic E-state index is 12.4. The van der Waals surface area contributed by atoms with Gasteiger partial charge in [-0.2, -0.15) is 0 Å². The van der Waals surface area contributed by atoms with Gasteiger partial charge in [0.25, 0.3) is 11.1 Å². The molecule has 5 nitrogen and oxygen atoms in total. The lowest BCUT2D eigenvalue weighted by Gasteiger charge is -2.13. The van der Waals surface area contributed by atoms with Crippen LogP contribution in [0.15, 0.2) is 53.0 Å². The van der Waals surface area contributed by atoms with Crippen LogP contribution in [0.3, 0.4) is 0 Å². The molecule has 0 spiro atoms. The fourth-order valence-corrected chi connectivity index (χ4v) is 3.42. The average molecular weight is 405 g/mol. The molecule has 1 fully saturated rings. The van der Waals surface area contributed by atoms with Crippen LogP contribution >= 0.6 is 27.7 Å². The minimum Gasteiger partial charge on any atom is -0.322 e. The molecule has 0 aromatic heterocycles. The Kier molecular flexibility index (Phi) is 5.01. The lowest BCUT2D eigenvalue weighted by Crippen LogP contribution is -2.28. The summed E-state index contributed by atoms with van der Waals surface area (Å²) >= 11 is 4.36. The van der Waals surface area contributed by atoms with Gasteiger partial charge in [-0.05, 0) is 35.9 Å². The Morgan fingerprint density at radius 1 is 1.17 bits per heavy atom. The van der Waals surface area contributed by atoms with Gasteiger partial charge in [0.05, 0.1) is 12.3 Å². The maximum absolute atomic E-state index is 12.4. The third-order valence-electron chi connectivity index (χ3n) is 3.45. The van der Waals surface area contributed by atoms with Crippen LogP contribution in [-0.4, -0.2) is 27.7 Å². The Balaban J connectivity index is 1.74. The normalized spacial score (nSPS) is 14.1. The first-order valence-corrected chi connectivity index (χ1v) is 8.94. The molecule has 1 aliphatic rings. The van der Waals surface area contributed by atoms with Crippen molar-refractivity contribution in [2.45, 2.75) is 6.54 Å². The van der Waals surface area contributed by atoms with Crippen molar-refractivity contribution in [1.29, 1.82) is 0 Å². The van der Waals surface area contributed by atoms with Crippen LogP contribution in [0.2, 0.25) is 0 Å². The number of hydrogen-bond acceptors (Lipinski definition) is 4. The van der Waals surface area contributed by atoms with Gasteiger partial charge in [0.1, 0.15) is 0 Å². The van der Waals surface area contributed by atoms with Crippen molar-refractivity contribution in [1.82, 2.24) is 4.90 Å². The number of benzene rings is 2. The highest BCUT2D eigenvalue weighted by atomic mass is 79.9. The van der Waals surface area contributed by atoms with Gasteiger partial charge in [0, 0.05) is 15.7 Å². The second kappa shape index (κ2) is 7.19. The Morgan fingerprint density at radius 3 is 2.67 bits per heavy atom. The number of imide groups is 1. The summed E-state index contributed by atoms with van der Waals surface area (Å²) in [5.41, 5.74) is 1.89. The predicted octanol–water partition coefficient (Wildman–Crippen LogP) is 3.90. The quantitative estimate of drug-likeness (QED) is 0.838. The van der Waals surface area contributed by atoms with E-state index in [1.54, 1.807) is 36.4 Å². The van der Waals surface area contributed by atoms with Crippen molar-refractivity contribution in [2.24, 2.45) is 0 Å². The molecular weight excluding hydrogens is 392 g/mol. The number of nitrogens with zero attached hydrogens (tertiary/aromatic N) is 1. The van der Waals surface area contributed by atoms with Gasteiger partial charge in [-0.1, -0.05) is 45.9 Å². The number of carbonyl (C=O) groups is 3. The third-order valence-corrected chi connectivity index (χ3v) is 4.80. The molecule has 1 aliphatic heterocycles. The molecule has 1 heterocycles. The number of amides is 3. The topological polar surface area (TPSA) is 66.5 Å². The van der Waals surface area contributed by atoms with Crippen LogP contribution in [0.5, 0.6) is 0 Å². The highest BCUT2D eigenvalue weighted by molar-refractivity contribution is 9.10. The minimum atomic E-state index is -0.247.